The van der Waals surface area contributed by atoms with Crippen molar-refractivity contribution >= 4 is 11.2 Å². The highest BCUT2D eigenvalue weighted by Gasteiger charge is 2.22. The number of aliphatic hydroxyl groups is 2. The van der Waals surface area contributed by atoms with Crippen LogP contribution in [0, 0.1) is 0 Å². The number of imidazole rings is 1. The Balaban J connectivity index is 2.49. The molecule has 0 aliphatic carbocycles. The lowest BCUT2D eigenvalue weighted by molar-refractivity contribution is 0.0196. The van der Waals surface area contributed by atoms with Gasteiger partial charge in [0.2, 0.25) is 0 Å². The second-order valence-corrected chi connectivity index (χ2v) is 4.06. The molecule has 11 heteroatoms. The molecular formula is C9H11N7O4. The average Bonchev–Trinajstić information content (AvgIpc) is 2.87. The zero-order chi connectivity index (χ0) is 14.9. The maximum absolute atomic E-state index is 11.6. The Morgan fingerprint density at radius 1 is 1.45 bits per heavy atom. The van der Waals surface area contributed by atoms with Crippen LogP contribution >= 0.6 is 0 Å². The summed E-state index contributed by atoms with van der Waals surface area (Å²) in [5.41, 5.74) is 6.86. The first-order chi connectivity index (χ1) is 9.45. The van der Waals surface area contributed by atoms with E-state index in [1.54, 1.807) is 0 Å². The van der Waals surface area contributed by atoms with Crippen LogP contribution in [0.15, 0.2) is 14.7 Å². The first-order valence-electron chi connectivity index (χ1n) is 5.51. The SMILES string of the molecule is Cn1c(=O)[nH]c(=O)c2[nH]c(C(O)C(O)CN=[N+]=[N-])nc21. The summed E-state index contributed by atoms with van der Waals surface area (Å²) in [4.78, 5) is 33.9. The number of aromatic nitrogens is 4. The van der Waals surface area contributed by atoms with E-state index in [-0.39, 0.29) is 23.5 Å². The highest BCUT2D eigenvalue weighted by atomic mass is 16.3. The topological polar surface area (TPSA) is 173 Å². The third-order valence-electron chi connectivity index (χ3n) is 2.75. The van der Waals surface area contributed by atoms with Gasteiger partial charge in [-0.1, -0.05) is 5.11 Å². The van der Waals surface area contributed by atoms with Crippen LogP contribution in [0.3, 0.4) is 0 Å². The van der Waals surface area contributed by atoms with Gasteiger partial charge in [-0.3, -0.25) is 14.3 Å². The van der Waals surface area contributed by atoms with Gasteiger partial charge < -0.3 is 15.2 Å². The highest BCUT2D eigenvalue weighted by Crippen LogP contribution is 2.16. The first-order valence-corrected chi connectivity index (χ1v) is 5.51. The third kappa shape index (κ3) is 2.28. The molecule has 2 rings (SSSR count). The summed E-state index contributed by atoms with van der Waals surface area (Å²) in [5, 5.41) is 22.6. The van der Waals surface area contributed by atoms with Crippen LogP contribution in [0.1, 0.15) is 11.9 Å². The normalized spacial score (nSPS) is 13.9. The quantitative estimate of drug-likeness (QED) is 0.307. The zero-order valence-corrected chi connectivity index (χ0v) is 10.3. The Morgan fingerprint density at radius 2 is 2.15 bits per heavy atom. The van der Waals surface area contributed by atoms with Gasteiger partial charge in [-0.15, -0.1) is 0 Å². The lowest BCUT2D eigenvalue weighted by atomic mass is 10.2. The molecule has 0 bridgehead atoms. The van der Waals surface area contributed by atoms with Crippen LogP contribution in [-0.2, 0) is 7.05 Å². The van der Waals surface area contributed by atoms with E-state index in [0.717, 1.165) is 4.57 Å². The van der Waals surface area contributed by atoms with Crippen molar-refractivity contribution < 1.29 is 10.2 Å². The molecule has 0 amide bonds. The molecule has 106 valence electrons. The Morgan fingerprint density at radius 3 is 2.80 bits per heavy atom. The number of nitrogens with zero attached hydrogens (tertiary/aromatic N) is 5. The predicted octanol–water partition coefficient (Wildman–Crippen LogP) is -1.35. The Bertz CT molecular complexity index is 797. The largest absolute Gasteiger partial charge is 0.390 e. The number of nitrogens with one attached hydrogen (secondary N) is 2. The molecule has 11 nitrogen and oxygen atoms in total. The second kappa shape index (κ2) is 5.17. The van der Waals surface area contributed by atoms with Crippen molar-refractivity contribution in [1.29, 1.82) is 0 Å². The number of hydrogen-bond donors (Lipinski definition) is 4. The van der Waals surface area contributed by atoms with E-state index < -0.39 is 23.5 Å². The summed E-state index contributed by atoms with van der Waals surface area (Å²) in [6.07, 6.45) is -2.87. The maximum Gasteiger partial charge on any atom is 0.329 e. The van der Waals surface area contributed by atoms with E-state index in [1.807, 2.05) is 0 Å². The predicted molar refractivity (Wildman–Crippen MR) is 66.9 cm³/mol. The number of aliphatic hydroxyl groups excluding tert-OH is 2. The lowest BCUT2D eigenvalue weighted by Gasteiger charge is -2.12. The smallest absolute Gasteiger partial charge is 0.329 e. The van der Waals surface area contributed by atoms with E-state index in [4.69, 9.17) is 5.53 Å². The minimum Gasteiger partial charge on any atom is -0.390 e. The van der Waals surface area contributed by atoms with Crippen molar-refractivity contribution in [3.8, 4) is 0 Å². The number of aryl methyl sites for hydroxylation is 1. The highest BCUT2D eigenvalue weighted by molar-refractivity contribution is 5.69. The van der Waals surface area contributed by atoms with Gasteiger partial charge in [0.1, 0.15) is 17.4 Å². The van der Waals surface area contributed by atoms with Crippen molar-refractivity contribution in [2.45, 2.75) is 12.2 Å². The van der Waals surface area contributed by atoms with Crippen LogP contribution in [0.2, 0.25) is 0 Å². The van der Waals surface area contributed by atoms with Crippen LogP contribution in [0.5, 0.6) is 0 Å². The number of fused-ring (bicyclic) bond motifs is 1. The molecule has 0 radical (unpaired) electrons. The minimum atomic E-state index is -1.48. The fourth-order valence-corrected chi connectivity index (χ4v) is 1.66. The van der Waals surface area contributed by atoms with Crippen molar-refractivity contribution in [2.24, 2.45) is 12.2 Å². The molecule has 0 aliphatic rings. The fraction of sp³-hybridized carbons (Fsp3) is 0.444. The van der Waals surface area contributed by atoms with Crippen molar-refractivity contribution in [3.63, 3.8) is 0 Å². The van der Waals surface area contributed by atoms with Gasteiger partial charge in [-0.25, -0.2) is 9.78 Å². The van der Waals surface area contributed by atoms with Crippen molar-refractivity contribution in [2.75, 3.05) is 6.54 Å². The fourth-order valence-electron chi connectivity index (χ4n) is 1.66. The summed E-state index contributed by atoms with van der Waals surface area (Å²) in [6, 6.07) is 0. The number of hydrogen-bond acceptors (Lipinski definition) is 6. The zero-order valence-electron chi connectivity index (χ0n) is 10.3. The number of rotatable bonds is 4. The molecule has 4 N–H and O–H groups in total. The molecule has 2 atom stereocenters. The molecule has 0 spiro atoms. The van der Waals surface area contributed by atoms with Gasteiger partial charge in [0, 0.05) is 12.0 Å². The molecule has 0 saturated heterocycles. The summed E-state index contributed by atoms with van der Waals surface area (Å²) < 4.78 is 1.09. The number of H-pyrrole nitrogens is 2. The minimum absolute atomic E-state index is 0.00265. The third-order valence-corrected chi connectivity index (χ3v) is 2.75. The van der Waals surface area contributed by atoms with Crippen LogP contribution in [-0.4, -0.2) is 42.4 Å². The van der Waals surface area contributed by atoms with E-state index >= 15 is 0 Å². The molecule has 0 aliphatic heterocycles. The standard InChI is InChI=1S/C9H11N7O4/c1-16-7-4(8(19)14-9(16)20)12-6(13-7)5(18)3(17)2-11-15-10/h3,5,17-18H,2H2,1H3,(H,12,13)(H,14,19,20). The monoisotopic (exact) mass is 281 g/mol. The number of aromatic amines is 2. The lowest BCUT2D eigenvalue weighted by Crippen LogP contribution is -2.28. The van der Waals surface area contributed by atoms with Gasteiger partial charge in [0.05, 0.1) is 12.6 Å². The van der Waals surface area contributed by atoms with Gasteiger partial charge in [-0.05, 0) is 5.53 Å². The average molecular weight is 281 g/mol. The summed E-state index contributed by atoms with van der Waals surface area (Å²) >= 11 is 0. The Labute approximate surface area is 110 Å². The maximum atomic E-state index is 11.6. The molecular weight excluding hydrogens is 270 g/mol. The van der Waals surface area contributed by atoms with Crippen molar-refractivity contribution in [3.05, 3.63) is 37.1 Å². The van der Waals surface area contributed by atoms with E-state index in [9.17, 15) is 19.8 Å². The van der Waals surface area contributed by atoms with Gasteiger partial charge in [-0.2, -0.15) is 0 Å². The Hall–Kier alpha value is -2.62. The molecule has 0 saturated carbocycles. The van der Waals surface area contributed by atoms with Gasteiger partial charge in [0.25, 0.3) is 5.56 Å². The molecule has 20 heavy (non-hydrogen) atoms. The van der Waals surface area contributed by atoms with Gasteiger partial charge >= 0.3 is 5.69 Å². The summed E-state index contributed by atoms with van der Waals surface area (Å²) in [5.74, 6) is -0.104. The molecule has 2 heterocycles. The molecule has 0 aromatic carbocycles. The summed E-state index contributed by atoms with van der Waals surface area (Å²) in [6.45, 7) is -0.357. The van der Waals surface area contributed by atoms with E-state index in [2.05, 4.69) is 25.0 Å². The van der Waals surface area contributed by atoms with Crippen LogP contribution in [0.25, 0.3) is 21.6 Å². The number of azide groups is 1. The molecule has 2 unspecified atom stereocenters. The molecule has 0 fully saturated rings. The Kier molecular flexibility index (Phi) is 3.57. The van der Waals surface area contributed by atoms with E-state index in [1.165, 1.54) is 7.05 Å². The molecule has 2 aromatic heterocycles. The molecule has 2 aromatic rings. The van der Waals surface area contributed by atoms with Crippen LogP contribution < -0.4 is 11.2 Å². The van der Waals surface area contributed by atoms with E-state index in [0.29, 0.717) is 0 Å². The van der Waals surface area contributed by atoms with Gasteiger partial charge in [0.15, 0.2) is 5.65 Å². The first kappa shape index (κ1) is 13.8. The van der Waals surface area contributed by atoms with Crippen molar-refractivity contribution in [1.82, 2.24) is 19.5 Å². The van der Waals surface area contributed by atoms with Crippen LogP contribution in [0.4, 0.5) is 0 Å². The summed E-state index contributed by atoms with van der Waals surface area (Å²) in [7, 11) is 1.40. The second-order valence-electron chi connectivity index (χ2n) is 4.06.